The van der Waals surface area contributed by atoms with E-state index in [1.165, 1.54) is 13.2 Å². The van der Waals surface area contributed by atoms with Crippen molar-refractivity contribution >= 4 is 29.4 Å². The summed E-state index contributed by atoms with van der Waals surface area (Å²) in [5.41, 5.74) is 0.499. The monoisotopic (exact) mass is 321 g/mol. The Kier molecular flexibility index (Phi) is 7.99. The molecule has 1 aromatic rings. The smallest absolute Gasteiger partial charge is 0.328 e. The third-order valence-electron chi connectivity index (χ3n) is 2.86. The molecule has 0 fully saturated rings. The van der Waals surface area contributed by atoms with Gasteiger partial charge in [0, 0.05) is 11.6 Å². The molecule has 0 saturated carbocycles. The molecule has 0 aliphatic heterocycles. The van der Waals surface area contributed by atoms with Crippen molar-refractivity contribution in [1.82, 2.24) is 5.32 Å². The summed E-state index contributed by atoms with van der Waals surface area (Å²) in [5, 5.41) is 2.54. The lowest BCUT2D eigenvalue weighted by atomic mass is 10.1. The van der Waals surface area contributed by atoms with Crippen LogP contribution in [0, 0.1) is 0 Å². The van der Waals surface area contributed by atoms with Crippen LogP contribution in [0.15, 0.2) is 42.5 Å². The van der Waals surface area contributed by atoms with Crippen LogP contribution in [-0.4, -0.2) is 42.8 Å². The summed E-state index contributed by atoms with van der Waals surface area (Å²) in [5.74, 6) is -0.548. The minimum absolute atomic E-state index is 0.269. The third-order valence-corrected chi connectivity index (χ3v) is 3.50. The van der Waals surface area contributed by atoms with Crippen LogP contribution in [-0.2, 0) is 14.3 Å². The van der Waals surface area contributed by atoms with Gasteiger partial charge in [0.25, 0.3) is 0 Å². The van der Waals surface area contributed by atoms with Gasteiger partial charge in [-0.3, -0.25) is 9.59 Å². The summed E-state index contributed by atoms with van der Waals surface area (Å²) in [6, 6.07) is 7.93. The number of carbonyl (C=O) groups is 3. The van der Waals surface area contributed by atoms with Crippen LogP contribution in [0.25, 0.3) is 0 Å². The Morgan fingerprint density at radius 1 is 1.23 bits per heavy atom. The number of allylic oxidation sites excluding steroid dienone is 1. The zero-order valence-corrected chi connectivity index (χ0v) is 13.4. The van der Waals surface area contributed by atoms with Gasteiger partial charge in [0.05, 0.1) is 7.11 Å². The van der Waals surface area contributed by atoms with Crippen LogP contribution in [0.1, 0.15) is 16.8 Å². The lowest BCUT2D eigenvalue weighted by Crippen LogP contribution is -2.41. The van der Waals surface area contributed by atoms with E-state index in [1.54, 1.807) is 42.1 Å². The second-order valence-electron chi connectivity index (χ2n) is 4.43. The van der Waals surface area contributed by atoms with E-state index in [0.717, 1.165) is 6.08 Å². The molecule has 0 aromatic heterocycles. The number of hydrogen-bond donors (Lipinski definition) is 1. The first kappa shape index (κ1) is 18.0. The van der Waals surface area contributed by atoms with Gasteiger partial charge < -0.3 is 10.1 Å². The summed E-state index contributed by atoms with van der Waals surface area (Å²) in [7, 11) is 1.27. The largest absolute Gasteiger partial charge is 0.467 e. The molecular formula is C16H19NO4S. The first-order valence-electron chi connectivity index (χ1n) is 6.73. The van der Waals surface area contributed by atoms with Crippen molar-refractivity contribution in [3.05, 3.63) is 48.0 Å². The highest BCUT2D eigenvalue weighted by molar-refractivity contribution is 7.98. The minimum Gasteiger partial charge on any atom is -0.467 e. The average molecular weight is 321 g/mol. The van der Waals surface area contributed by atoms with Crippen molar-refractivity contribution in [1.29, 1.82) is 0 Å². The SMILES string of the molecule is COC(=O)[C@H](CCSC)NC(=O)/C=C/C(=O)c1ccccc1. The zero-order valence-electron chi connectivity index (χ0n) is 12.6. The Bertz CT molecular complexity index is 542. The van der Waals surface area contributed by atoms with Crippen molar-refractivity contribution in [3.8, 4) is 0 Å². The zero-order chi connectivity index (χ0) is 16.4. The number of amides is 1. The standard InChI is InChI=1S/C16H19NO4S/c1-21-16(20)13(10-11-22-2)17-15(19)9-8-14(18)12-6-4-3-5-7-12/h3-9,13H,10-11H2,1-2H3,(H,17,19)/b9-8+/t13-/m0/s1. The van der Waals surface area contributed by atoms with Gasteiger partial charge in [-0.15, -0.1) is 0 Å². The van der Waals surface area contributed by atoms with E-state index in [1.807, 2.05) is 6.26 Å². The highest BCUT2D eigenvalue weighted by Crippen LogP contribution is 2.03. The van der Waals surface area contributed by atoms with E-state index in [9.17, 15) is 14.4 Å². The molecule has 1 rings (SSSR count). The number of methoxy groups -OCH3 is 1. The number of ether oxygens (including phenoxy) is 1. The van der Waals surface area contributed by atoms with Gasteiger partial charge in [0.1, 0.15) is 6.04 Å². The van der Waals surface area contributed by atoms with Gasteiger partial charge in [0.2, 0.25) is 5.91 Å². The third kappa shape index (κ3) is 6.13. The molecule has 1 amide bonds. The Morgan fingerprint density at radius 3 is 2.50 bits per heavy atom. The Hall–Kier alpha value is -2.08. The molecule has 0 spiro atoms. The number of benzene rings is 1. The van der Waals surface area contributed by atoms with Gasteiger partial charge in [-0.1, -0.05) is 30.3 Å². The van der Waals surface area contributed by atoms with Crippen molar-refractivity contribution in [3.63, 3.8) is 0 Å². The molecule has 0 saturated heterocycles. The van der Waals surface area contributed by atoms with E-state index in [-0.39, 0.29) is 5.78 Å². The quantitative estimate of drug-likeness (QED) is 0.449. The Labute approximate surface area is 134 Å². The van der Waals surface area contributed by atoms with Gasteiger partial charge in [0.15, 0.2) is 5.78 Å². The molecule has 1 N–H and O–H groups in total. The van der Waals surface area contributed by atoms with Gasteiger partial charge in [-0.25, -0.2) is 4.79 Å². The lowest BCUT2D eigenvalue weighted by molar-refractivity contribution is -0.144. The van der Waals surface area contributed by atoms with Crippen LogP contribution in [0.5, 0.6) is 0 Å². The molecule has 0 bridgehead atoms. The van der Waals surface area contributed by atoms with Crippen LogP contribution in [0.2, 0.25) is 0 Å². The summed E-state index contributed by atoms with van der Waals surface area (Å²) in [6.45, 7) is 0. The van der Waals surface area contributed by atoms with Crippen molar-refractivity contribution < 1.29 is 19.1 Å². The van der Waals surface area contributed by atoms with Crippen LogP contribution in [0.4, 0.5) is 0 Å². The highest BCUT2D eigenvalue weighted by atomic mass is 32.2. The number of esters is 1. The molecule has 0 aliphatic rings. The fourth-order valence-corrected chi connectivity index (χ4v) is 2.17. The number of thioether (sulfide) groups is 1. The summed E-state index contributed by atoms with van der Waals surface area (Å²) in [4.78, 5) is 35.2. The molecular weight excluding hydrogens is 302 g/mol. The molecule has 0 heterocycles. The number of carbonyl (C=O) groups excluding carboxylic acids is 3. The first-order chi connectivity index (χ1) is 10.6. The maximum Gasteiger partial charge on any atom is 0.328 e. The van der Waals surface area contributed by atoms with E-state index >= 15 is 0 Å². The molecule has 1 aromatic carbocycles. The molecule has 118 valence electrons. The summed E-state index contributed by atoms with van der Waals surface area (Å²) in [6.07, 6.45) is 4.70. The minimum atomic E-state index is -0.707. The van der Waals surface area contributed by atoms with Crippen molar-refractivity contribution in [2.75, 3.05) is 19.1 Å². The van der Waals surface area contributed by atoms with Gasteiger partial charge >= 0.3 is 5.97 Å². The first-order valence-corrected chi connectivity index (χ1v) is 8.12. The predicted molar refractivity (Wildman–Crippen MR) is 86.9 cm³/mol. The second-order valence-corrected chi connectivity index (χ2v) is 5.42. The molecule has 0 radical (unpaired) electrons. The number of nitrogens with one attached hydrogen (secondary N) is 1. The number of rotatable bonds is 8. The molecule has 22 heavy (non-hydrogen) atoms. The molecule has 6 heteroatoms. The molecule has 5 nitrogen and oxygen atoms in total. The highest BCUT2D eigenvalue weighted by Gasteiger charge is 2.19. The fourth-order valence-electron chi connectivity index (χ4n) is 1.70. The van der Waals surface area contributed by atoms with Crippen LogP contribution in [0.3, 0.4) is 0 Å². The second kappa shape index (κ2) is 9.78. The lowest BCUT2D eigenvalue weighted by Gasteiger charge is -2.14. The normalized spacial score (nSPS) is 11.9. The van der Waals surface area contributed by atoms with Gasteiger partial charge in [-0.05, 0) is 24.5 Å². The average Bonchev–Trinajstić information content (AvgIpc) is 2.56. The predicted octanol–water partition coefficient (Wildman–Crippen LogP) is 1.84. The number of hydrogen-bond acceptors (Lipinski definition) is 5. The summed E-state index contributed by atoms with van der Waals surface area (Å²) < 4.78 is 4.65. The number of ketones is 1. The van der Waals surface area contributed by atoms with Crippen LogP contribution < -0.4 is 5.32 Å². The van der Waals surface area contributed by atoms with E-state index in [2.05, 4.69) is 10.1 Å². The molecule has 0 unspecified atom stereocenters. The Balaban J connectivity index is 2.60. The maximum absolute atomic E-state index is 11.8. The maximum atomic E-state index is 11.8. The molecule has 0 aliphatic carbocycles. The van der Waals surface area contributed by atoms with Crippen molar-refractivity contribution in [2.45, 2.75) is 12.5 Å². The van der Waals surface area contributed by atoms with E-state index in [4.69, 9.17) is 0 Å². The van der Waals surface area contributed by atoms with Crippen LogP contribution >= 0.6 is 11.8 Å². The Morgan fingerprint density at radius 2 is 1.91 bits per heavy atom. The summed E-state index contributed by atoms with van der Waals surface area (Å²) >= 11 is 1.57. The topological polar surface area (TPSA) is 72.5 Å². The van der Waals surface area contributed by atoms with Crippen molar-refractivity contribution in [2.24, 2.45) is 0 Å². The fraction of sp³-hybridized carbons (Fsp3) is 0.312. The van der Waals surface area contributed by atoms with Gasteiger partial charge in [-0.2, -0.15) is 11.8 Å². The molecule has 1 atom stereocenters. The van der Waals surface area contributed by atoms with E-state index < -0.39 is 17.9 Å². The van der Waals surface area contributed by atoms with E-state index in [0.29, 0.717) is 17.7 Å².